The lowest BCUT2D eigenvalue weighted by molar-refractivity contribution is 0.283. The molecule has 1 atom stereocenters. The Bertz CT molecular complexity index is 583. The number of aromatic nitrogens is 1. The fourth-order valence-electron chi connectivity index (χ4n) is 2.65. The standard InChI is InChI=1S/C16H20N2OS/c1-3-11(2)15-14(10-19)20-16(17-15)18-8-12-6-4-5-7-13(12)9-18/h4-7,11,19H,3,8-10H2,1-2H3. The first-order valence-electron chi connectivity index (χ1n) is 7.15. The van der Waals surface area contributed by atoms with Crippen LogP contribution in [0.1, 0.15) is 47.9 Å². The molecule has 0 radical (unpaired) electrons. The molecule has 1 aliphatic heterocycles. The Kier molecular flexibility index (Phi) is 3.76. The highest BCUT2D eigenvalue weighted by molar-refractivity contribution is 7.15. The maximum atomic E-state index is 9.54. The molecule has 106 valence electrons. The van der Waals surface area contributed by atoms with Crippen LogP contribution in [-0.2, 0) is 19.7 Å². The first-order valence-corrected chi connectivity index (χ1v) is 7.96. The van der Waals surface area contributed by atoms with Gasteiger partial charge in [-0.3, -0.25) is 0 Å². The largest absolute Gasteiger partial charge is 0.391 e. The molecule has 1 aromatic carbocycles. The van der Waals surface area contributed by atoms with E-state index in [0.717, 1.165) is 35.2 Å². The number of hydrogen-bond acceptors (Lipinski definition) is 4. The third-order valence-electron chi connectivity index (χ3n) is 4.05. The Morgan fingerprint density at radius 1 is 1.30 bits per heavy atom. The number of aliphatic hydroxyl groups excluding tert-OH is 1. The van der Waals surface area contributed by atoms with Gasteiger partial charge in [0, 0.05) is 13.1 Å². The molecule has 4 heteroatoms. The molecule has 0 amide bonds. The predicted octanol–water partition coefficient (Wildman–Crippen LogP) is 3.67. The second-order valence-corrected chi connectivity index (χ2v) is 6.46. The van der Waals surface area contributed by atoms with E-state index in [4.69, 9.17) is 4.98 Å². The molecule has 3 nitrogen and oxygen atoms in total. The second kappa shape index (κ2) is 5.54. The fourth-order valence-corrected chi connectivity index (χ4v) is 3.68. The van der Waals surface area contributed by atoms with Crippen molar-refractivity contribution in [1.82, 2.24) is 4.98 Å². The van der Waals surface area contributed by atoms with Gasteiger partial charge in [0.05, 0.1) is 17.2 Å². The summed E-state index contributed by atoms with van der Waals surface area (Å²) in [4.78, 5) is 8.13. The molecule has 0 bridgehead atoms. The number of aliphatic hydroxyl groups is 1. The molecule has 3 rings (SSSR count). The quantitative estimate of drug-likeness (QED) is 0.932. The zero-order chi connectivity index (χ0) is 14.1. The highest BCUT2D eigenvalue weighted by Gasteiger charge is 2.23. The Morgan fingerprint density at radius 2 is 1.95 bits per heavy atom. The number of rotatable bonds is 4. The van der Waals surface area contributed by atoms with E-state index < -0.39 is 0 Å². The number of benzene rings is 1. The van der Waals surface area contributed by atoms with Gasteiger partial charge in [0.1, 0.15) is 0 Å². The SMILES string of the molecule is CCC(C)c1nc(N2Cc3ccccc3C2)sc1CO. The highest BCUT2D eigenvalue weighted by Crippen LogP contribution is 2.36. The van der Waals surface area contributed by atoms with Crippen LogP contribution in [0.5, 0.6) is 0 Å². The minimum atomic E-state index is 0.0954. The van der Waals surface area contributed by atoms with Gasteiger partial charge in [0.25, 0.3) is 0 Å². The molecule has 1 unspecified atom stereocenters. The zero-order valence-corrected chi connectivity index (χ0v) is 12.8. The van der Waals surface area contributed by atoms with Crippen molar-refractivity contribution in [3.05, 3.63) is 46.0 Å². The molecular weight excluding hydrogens is 268 g/mol. The van der Waals surface area contributed by atoms with E-state index in [-0.39, 0.29) is 6.61 Å². The Labute approximate surface area is 123 Å². The first kappa shape index (κ1) is 13.6. The van der Waals surface area contributed by atoms with Crippen LogP contribution in [0.3, 0.4) is 0 Å². The van der Waals surface area contributed by atoms with Crippen LogP contribution in [0.25, 0.3) is 0 Å². The summed E-state index contributed by atoms with van der Waals surface area (Å²) in [7, 11) is 0. The lowest BCUT2D eigenvalue weighted by atomic mass is 10.0. The van der Waals surface area contributed by atoms with Crippen molar-refractivity contribution in [2.75, 3.05) is 4.90 Å². The number of anilines is 1. The van der Waals surface area contributed by atoms with Crippen LogP contribution < -0.4 is 4.90 Å². The lowest BCUT2D eigenvalue weighted by Crippen LogP contribution is -2.14. The van der Waals surface area contributed by atoms with Gasteiger partial charge in [0.15, 0.2) is 5.13 Å². The van der Waals surface area contributed by atoms with E-state index >= 15 is 0 Å². The summed E-state index contributed by atoms with van der Waals surface area (Å²) in [5.74, 6) is 0.409. The molecule has 0 fully saturated rings. The minimum Gasteiger partial charge on any atom is -0.391 e. The maximum Gasteiger partial charge on any atom is 0.186 e. The van der Waals surface area contributed by atoms with Gasteiger partial charge in [-0.2, -0.15) is 0 Å². The highest BCUT2D eigenvalue weighted by atomic mass is 32.1. The fraction of sp³-hybridized carbons (Fsp3) is 0.438. The van der Waals surface area contributed by atoms with Gasteiger partial charge in [-0.15, -0.1) is 0 Å². The smallest absolute Gasteiger partial charge is 0.186 e. The predicted molar refractivity (Wildman–Crippen MR) is 83.1 cm³/mol. The third-order valence-corrected chi connectivity index (χ3v) is 5.17. The molecular formula is C16H20N2OS. The maximum absolute atomic E-state index is 9.54. The summed E-state index contributed by atoms with van der Waals surface area (Å²) in [5.41, 5.74) is 3.85. The van der Waals surface area contributed by atoms with E-state index in [2.05, 4.69) is 43.0 Å². The summed E-state index contributed by atoms with van der Waals surface area (Å²) in [5, 5.41) is 10.6. The second-order valence-electron chi connectivity index (χ2n) is 5.40. The van der Waals surface area contributed by atoms with Crippen LogP contribution >= 0.6 is 11.3 Å². The summed E-state index contributed by atoms with van der Waals surface area (Å²) >= 11 is 1.64. The van der Waals surface area contributed by atoms with Crippen molar-refractivity contribution in [3.8, 4) is 0 Å². The average molecular weight is 288 g/mol. The van der Waals surface area contributed by atoms with E-state index in [1.807, 2.05) is 0 Å². The molecule has 20 heavy (non-hydrogen) atoms. The number of nitrogens with zero attached hydrogens (tertiary/aromatic N) is 2. The molecule has 0 aliphatic carbocycles. The number of fused-ring (bicyclic) bond motifs is 1. The van der Waals surface area contributed by atoms with Crippen molar-refractivity contribution >= 4 is 16.5 Å². The average Bonchev–Trinajstić information content (AvgIpc) is 3.09. The van der Waals surface area contributed by atoms with E-state index in [1.54, 1.807) is 11.3 Å². The molecule has 2 heterocycles. The van der Waals surface area contributed by atoms with Gasteiger partial charge < -0.3 is 10.0 Å². The molecule has 2 aromatic rings. The summed E-state index contributed by atoms with van der Waals surface area (Å²) < 4.78 is 0. The normalized spacial score (nSPS) is 15.4. The Balaban J connectivity index is 1.88. The number of hydrogen-bond donors (Lipinski definition) is 1. The molecule has 1 N–H and O–H groups in total. The lowest BCUT2D eigenvalue weighted by Gasteiger charge is -2.13. The van der Waals surface area contributed by atoms with Crippen molar-refractivity contribution in [1.29, 1.82) is 0 Å². The molecule has 0 saturated heterocycles. The minimum absolute atomic E-state index is 0.0954. The summed E-state index contributed by atoms with van der Waals surface area (Å²) in [6, 6.07) is 8.55. The van der Waals surface area contributed by atoms with Crippen LogP contribution in [0.4, 0.5) is 5.13 Å². The van der Waals surface area contributed by atoms with E-state index in [1.165, 1.54) is 11.1 Å². The third kappa shape index (κ3) is 2.34. The Morgan fingerprint density at radius 3 is 2.50 bits per heavy atom. The van der Waals surface area contributed by atoms with Crippen molar-refractivity contribution in [2.24, 2.45) is 0 Å². The topological polar surface area (TPSA) is 36.4 Å². The van der Waals surface area contributed by atoms with Crippen molar-refractivity contribution in [2.45, 2.75) is 45.9 Å². The van der Waals surface area contributed by atoms with Gasteiger partial charge in [-0.25, -0.2) is 4.98 Å². The van der Waals surface area contributed by atoms with Gasteiger partial charge in [-0.05, 0) is 23.5 Å². The van der Waals surface area contributed by atoms with Crippen LogP contribution in [0.15, 0.2) is 24.3 Å². The summed E-state index contributed by atoms with van der Waals surface area (Å²) in [6.45, 7) is 6.29. The Hall–Kier alpha value is -1.39. The summed E-state index contributed by atoms with van der Waals surface area (Å²) in [6.07, 6.45) is 1.05. The van der Waals surface area contributed by atoms with Gasteiger partial charge >= 0.3 is 0 Å². The molecule has 0 saturated carbocycles. The molecule has 0 spiro atoms. The van der Waals surface area contributed by atoms with Crippen LogP contribution in [0, 0.1) is 0 Å². The monoisotopic (exact) mass is 288 g/mol. The van der Waals surface area contributed by atoms with Crippen molar-refractivity contribution in [3.63, 3.8) is 0 Å². The van der Waals surface area contributed by atoms with Crippen molar-refractivity contribution < 1.29 is 5.11 Å². The van der Waals surface area contributed by atoms with Gasteiger partial charge in [0.2, 0.25) is 0 Å². The van der Waals surface area contributed by atoms with E-state index in [9.17, 15) is 5.11 Å². The van der Waals surface area contributed by atoms with E-state index in [0.29, 0.717) is 5.92 Å². The van der Waals surface area contributed by atoms with Crippen LogP contribution in [-0.4, -0.2) is 10.1 Å². The molecule has 1 aromatic heterocycles. The van der Waals surface area contributed by atoms with Gasteiger partial charge in [-0.1, -0.05) is 49.4 Å². The first-order chi connectivity index (χ1) is 9.72. The number of thiazole rings is 1. The zero-order valence-electron chi connectivity index (χ0n) is 12.0. The van der Waals surface area contributed by atoms with Crippen LogP contribution in [0.2, 0.25) is 0 Å². The molecule has 1 aliphatic rings.